The van der Waals surface area contributed by atoms with E-state index in [1.54, 1.807) is 0 Å². The van der Waals surface area contributed by atoms with Crippen LogP contribution in [0.5, 0.6) is 5.75 Å². The number of carbonyl (C=O) groups is 3. The van der Waals surface area contributed by atoms with E-state index in [2.05, 4.69) is 25.4 Å². The minimum atomic E-state index is -1.36. The van der Waals surface area contributed by atoms with E-state index in [1.807, 2.05) is 0 Å². The number of methoxy groups -OCH3 is 2. The molecule has 0 N–H and O–H groups in total. The van der Waals surface area contributed by atoms with Gasteiger partial charge >= 0.3 is 11.9 Å². The average molecular weight is 331 g/mol. The molecule has 0 amide bonds. The molecule has 1 atom stereocenters. The lowest BCUT2D eigenvalue weighted by Crippen LogP contribution is -2.30. The molecule has 1 aromatic rings. The largest absolute Gasteiger partial charge is 0.470 e. The predicted octanol–water partition coefficient (Wildman–Crippen LogP) is 1.35. The third-order valence-electron chi connectivity index (χ3n) is 2.16. The maximum absolute atomic E-state index is 11.3. The SMILES string of the molecule is COC(=O)c1ccc(OC(C=O)C(=O)OC)c(Br)c1. The lowest BCUT2D eigenvalue weighted by molar-refractivity contribution is -0.150. The summed E-state index contributed by atoms with van der Waals surface area (Å²) in [6.07, 6.45) is -1.03. The molecule has 6 nitrogen and oxygen atoms in total. The first-order valence-electron chi connectivity index (χ1n) is 5.11. The Balaban J connectivity index is 2.93. The number of benzene rings is 1. The molecule has 0 spiro atoms. The van der Waals surface area contributed by atoms with Gasteiger partial charge in [0.2, 0.25) is 6.10 Å². The van der Waals surface area contributed by atoms with Gasteiger partial charge in [0.1, 0.15) is 5.75 Å². The van der Waals surface area contributed by atoms with Crippen molar-refractivity contribution in [1.29, 1.82) is 0 Å². The number of aldehydes is 1. The van der Waals surface area contributed by atoms with E-state index in [0.29, 0.717) is 16.3 Å². The van der Waals surface area contributed by atoms with Crippen molar-refractivity contribution in [2.24, 2.45) is 0 Å². The summed E-state index contributed by atoms with van der Waals surface area (Å²) in [5, 5.41) is 0. The van der Waals surface area contributed by atoms with Crippen LogP contribution < -0.4 is 4.74 Å². The van der Waals surface area contributed by atoms with Gasteiger partial charge < -0.3 is 14.2 Å². The van der Waals surface area contributed by atoms with Gasteiger partial charge in [0.05, 0.1) is 24.3 Å². The highest BCUT2D eigenvalue weighted by atomic mass is 79.9. The molecule has 1 rings (SSSR count). The number of rotatable bonds is 5. The molecule has 0 aliphatic heterocycles. The fourth-order valence-electron chi connectivity index (χ4n) is 1.23. The van der Waals surface area contributed by atoms with Gasteiger partial charge in [0.25, 0.3) is 0 Å². The summed E-state index contributed by atoms with van der Waals surface area (Å²) in [6.45, 7) is 0. The van der Waals surface area contributed by atoms with Crippen LogP contribution in [0, 0.1) is 0 Å². The molecule has 0 radical (unpaired) electrons. The zero-order valence-electron chi connectivity index (χ0n) is 10.2. The number of hydrogen-bond acceptors (Lipinski definition) is 6. The fourth-order valence-corrected chi connectivity index (χ4v) is 1.70. The van der Waals surface area contributed by atoms with E-state index in [4.69, 9.17) is 4.74 Å². The first-order chi connectivity index (χ1) is 9.03. The Bertz CT molecular complexity index is 499. The predicted molar refractivity (Wildman–Crippen MR) is 68.0 cm³/mol. The molecule has 0 heterocycles. The minimum Gasteiger partial charge on any atom is -0.470 e. The van der Waals surface area contributed by atoms with Crippen molar-refractivity contribution in [3.05, 3.63) is 28.2 Å². The molecule has 0 fully saturated rings. The van der Waals surface area contributed by atoms with Crippen molar-refractivity contribution in [3.8, 4) is 5.75 Å². The van der Waals surface area contributed by atoms with Crippen LogP contribution in [-0.2, 0) is 19.1 Å². The molecule has 0 bridgehead atoms. The Morgan fingerprint density at radius 3 is 2.42 bits per heavy atom. The van der Waals surface area contributed by atoms with Crippen LogP contribution >= 0.6 is 15.9 Å². The van der Waals surface area contributed by atoms with Crippen molar-refractivity contribution in [2.75, 3.05) is 14.2 Å². The lowest BCUT2D eigenvalue weighted by Gasteiger charge is -2.13. The van der Waals surface area contributed by atoms with Gasteiger partial charge in [0.15, 0.2) is 6.29 Å². The molecule has 19 heavy (non-hydrogen) atoms. The first kappa shape index (κ1) is 15.2. The van der Waals surface area contributed by atoms with Gasteiger partial charge in [-0.3, -0.25) is 4.79 Å². The molecule has 0 saturated carbocycles. The number of esters is 2. The lowest BCUT2D eigenvalue weighted by atomic mass is 10.2. The summed E-state index contributed by atoms with van der Waals surface area (Å²) < 4.78 is 14.6. The van der Waals surface area contributed by atoms with E-state index in [-0.39, 0.29) is 5.75 Å². The van der Waals surface area contributed by atoms with Crippen LogP contribution in [0.1, 0.15) is 10.4 Å². The van der Waals surface area contributed by atoms with E-state index >= 15 is 0 Å². The molecule has 1 unspecified atom stereocenters. The maximum atomic E-state index is 11.3. The zero-order chi connectivity index (χ0) is 14.4. The van der Waals surface area contributed by atoms with E-state index in [0.717, 1.165) is 7.11 Å². The normalized spacial score (nSPS) is 11.3. The van der Waals surface area contributed by atoms with Gasteiger partial charge in [-0.15, -0.1) is 0 Å². The number of ether oxygens (including phenoxy) is 3. The monoisotopic (exact) mass is 330 g/mol. The van der Waals surface area contributed by atoms with Crippen LogP contribution in [0.15, 0.2) is 22.7 Å². The Hall–Kier alpha value is -1.89. The smallest absolute Gasteiger partial charge is 0.354 e. The summed E-state index contributed by atoms with van der Waals surface area (Å²) in [7, 11) is 2.41. The molecule has 1 aromatic carbocycles. The Kier molecular flexibility index (Phi) is 5.50. The number of halogens is 1. The van der Waals surface area contributed by atoms with Crippen molar-refractivity contribution in [1.82, 2.24) is 0 Å². The molecule has 7 heteroatoms. The third kappa shape index (κ3) is 3.78. The molecule has 0 aliphatic rings. The van der Waals surface area contributed by atoms with Gasteiger partial charge in [-0.05, 0) is 34.1 Å². The van der Waals surface area contributed by atoms with E-state index in [1.165, 1.54) is 25.3 Å². The van der Waals surface area contributed by atoms with Crippen LogP contribution in [-0.4, -0.2) is 38.5 Å². The van der Waals surface area contributed by atoms with Crippen LogP contribution in [0.2, 0.25) is 0 Å². The highest BCUT2D eigenvalue weighted by Crippen LogP contribution is 2.27. The quantitative estimate of drug-likeness (QED) is 0.460. The molecule has 0 saturated heterocycles. The van der Waals surface area contributed by atoms with E-state index < -0.39 is 18.0 Å². The van der Waals surface area contributed by atoms with Gasteiger partial charge in [0, 0.05) is 0 Å². The molecule has 0 aliphatic carbocycles. The van der Waals surface area contributed by atoms with Crippen molar-refractivity contribution in [3.63, 3.8) is 0 Å². The van der Waals surface area contributed by atoms with Gasteiger partial charge in [-0.25, -0.2) is 9.59 Å². The minimum absolute atomic E-state index is 0.232. The van der Waals surface area contributed by atoms with Crippen molar-refractivity contribution >= 4 is 34.2 Å². The summed E-state index contributed by atoms with van der Waals surface area (Å²) in [4.78, 5) is 33.2. The van der Waals surface area contributed by atoms with Gasteiger partial charge in [-0.2, -0.15) is 0 Å². The summed E-state index contributed by atoms with van der Waals surface area (Å²) in [6, 6.07) is 4.35. The summed E-state index contributed by atoms with van der Waals surface area (Å²) in [5.74, 6) is -1.08. The Morgan fingerprint density at radius 1 is 1.26 bits per heavy atom. The first-order valence-corrected chi connectivity index (χ1v) is 5.90. The van der Waals surface area contributed by atoms with Crippen LogP contribution in [0.3, 0.4) is 0 Å². The summed E-state index contributed by atoms with van der Waals surface area (Å²) >= 11 is 3.17. The van der Waals surface area contributed by atoms with Crippen molar-refractivity contribution in [2.45, 2.75) is 6.10 Å². The summed E-state index contributed by atoms with van der Waals surface area (Å²) in [5.41, 5.74) is 0.308. The fraction of sp³-hybridized carbons (Fsp3) is 0.250. The standard InChI is InChI=1S/C12H11BrO6/c1-17-11(15)7-3-4-9(8(13)5-7)19-10(6-14)12(16)18-2/h3-6,10H,1-2H3. The van der Waals surface area contributed by atoms with Crippen LogP contribution in [0.25, 0.3) is 0 Å². The average Bonchev–Trinajstić information content (AvgIpc) is 2.44. The topological polar surface area (TPSA) is 78.9 Å². The molecular formula is C12H11BrO6. The molecule has 0 aromatic heterocycles. The number of carbonyl (C=O) groups excluding carboxylic acids is 3. The Morgan fingerprint density at radius 2 is 1.95 bits per heavy atom. The Labute approximate surface area is 117 Å². The highest BCUT2D eigenvalue weighted by Gasteiger charge is 2.21. The highest BCUT2D eigenvalue weighted by molar-refractivity contribution is 9.10. The molecular weight excluding hydrogens is 320 g/mol. The van der Waals surface area contributed by atoms with Crippen LogP contribution in [0.4, 0.5) is 0 Å². The second-order valence-corrected chi connectivity index (χ2v) is 4.19. The zero-order valence-corrected chi connectivity index (χ0v) is 11.8. The molecule has 102 valence electrons. The second kappa shape index (κ2) is 6.89. The third-order valence-corrected chi connectivity index (χ3v) is 2.78. The van der Waals surface area contributed by atoms with E-state index in [9.17, 15) is 14.4 Å². The second-order valence-electron chi connectivity index (χ2n) is 3.33. The van der Waals surface area contributed by atoms with Gasteiger partial charge in [-0.1, -0.05) is 0 Å². The van der Waals surface area contributed by atoms with Crippen molar-refractivity contribution < 1.29 is 28.6 Å². The number of hydrogen-bond donors (Lipinski definition) is 0. The maximum Gasteiger partial charge on any atom is 0.354 e.